The smallest absolute Gasteiger partial charge is 0.245 e. The summed E-state index contributed by atoms with van der Waals surface area (Å²) >= 11 is 2.04. The van der Waals surface area contributed by atoms with Crippen molar-refractivity contribution in [2.75, 3.05) is 31.8 Å². The van der Waals surface area contributed by atoms with Crippen LogP contribution in [0.5, 0.6) is 0 Å². The van der Waals surface area contributed by atoms with Gasteiger partial charge in [0.15, 0.2) is 0 Å². The van der Waals surface area contributed by atoms with Crippen LogP contribution in [0.1, 0.15) is 64.7 Å². The van der Waals surface area contributed by atoms with Crippen molar-refractivity contribution in [2.24, 2.45) is 11.8 Å². The Balaban J connectivity index is 1.57. The summed E-state index contributed by atoms with van der Waals surface area (Å²) in [5, 5.41) is 9.68. The van der Waals surface area contributed by atoms with E-state index < -0.39 is 0 Å². The van der Waals surface area contributed by atoms with Crippen LogP contribution < -0.4 is 0 Å². The second-order valence-electron chi connectivity index (χ2n) is 8.02. The summed E-state index contributed by atoms with van der Waals surface area (Å²) in [6.45, 7) is 3.55. The summed E-state index contributed by atoms with van der Waals surface area (Å²) < 4.78 is 11.9. The van der Waals surface area contributed by atoms with E-state index in [1.54, 1.807) is 0 Å². The molecule has 28 heavy (non-hydrogen) atoms. The van der Waals surface area contributed by atoms with E-state index in [1.807, 2.05) is 11.8 Å². The zero-order valence-electron chi connectivity index (χ0n) is 17.7. The van der Waals surface area contributed by atoms with Crippen molar-refractivity contribution in [1.82, 2.24) is 5.06 Å². The van der Waals surface area contributed by atoms with Gasteiger partial charge in [0.05, 0.1) is 12.2 Å². The minimum atomic E-state index is -0.261. The quantitative estimate of drug-likeness (QED) is 0.183. The molecular weight excluding hydrogens is 374 g/mol. The zero-order valence-corrected chi connectivity index (χ0v) is 18.5. The maximum atomic E-state index is 11.3. The fraction of sp³-hybridized carbons (Fsp3) is 0.864. The van der Waals surface area contributed by atoms with Gasteiger partial charge in [0.1, 0.15) is 0 Å². The molecule has 0 radical (unpaired) electrons. The number of rotatable bonds is 15. The molecule has 1 N–H and O–H groups in total. The lowest BCUT2D eigenvalue weighted by atomic mass is 9.76. The lowest BCUT2D eigenvalue weighted by Crippen LogP contribution is -2.29. The minimum Gasteiger partial charge on any atom is -0.381 e. The number of ether oxygens (including phenoxy) is 2. The van der Waals surface area contributed by atoms with Crippen LogP contribution in [-0.4, -0.2) is 60.2 Å². The molecule has 0 aromatic carbocycles. The molecule has 2 aliphatic rings. The highest BCUT2D eigenvalue weighted by Crippen LogP contribution is 2.46. The summed E-state index contributed by atoms with van der Waals surface area (Å²) in [4.78, 5) is 11.3. The number of carbonyl (C=O) groups is 1. The van der Waals surface area contributed by atoms with Crippen LogP contribution in [0.25, 0.3) is 0 Å². The van der Waals surface area contributed by atoms with Gasteiger partial charge in [0.25, 0.3) is 0 Å². The first-order valence-electron chi connectivity index (χ1n) is 11.0. The highest BCUT2D eigenvalue weighted by Gasteiger charge is 2.47. The molecule has 0 aromatic heterocycles. The van der Waals surface area contributed by atoms with Crippen LogP contribution in [0.4, 0.5) is 0 Å². The number of fused-ring (bicyclic) bond motifs is 2. The Labute approximate surface area is 175 Å². The maximum absolute atomic E-state index is 11.3. The highest BCUT2D eigenvalue weighted by atomic mass is 32.2. The first-order chi connectivity index (χ1) is 13.6. The van der Waals surface area contributed by atoms with Crippen molar-refractivity contribution < 1.29 is 19.5 Å². The van der Waals surface area contributed by atoms with Crippen molar-refractivity contribution in [3.8, 4) is 0 Å². The Morgan fingerprint density at radius 2 is 1.93 bits per heavy atom. The molecule has 2 fully saturated rings. The van der Waals surface area contributed by atoms with E-state index >= 15 is 0 Å². The molecular formula is C22H39NO4S. The molecule has 0 spiro atoms. The first-order valence-corrected chi connectivity index (χ1v) is 12.2. The molecule has 1 amide bonds. The standard InChI is InChI=1S/C22H39NO4S/c1-3-4-5-6-7-16-28-17-13-19-18(20-10-11-21(19)27-20)12-15-26-14-8-9-22(24)23(2)25/h6-7,18-21,25H,3-5,8-17H2,1-2H3/b7-6+. The number of thioether (sulfide) groups is 1. The van der Waals surface area contributed by atoms with Gasteiger partial charge in [-0.3, -0.25) is 10.0 Å². The maximum Gasteiger partial charge on any atom is 0.245 e. The van der Waals surface area contributed by atoms with Gasteiger partial charge in [0, 0.05) is 32.4 Å². The molecule has 4 unspecified atom stereocenters. The van der Waals surface area contributed by atoms with E-state index in [9.17, 15) is 4.79 Å². The minimum absolute atomic E-state index is 0.261. The number of hydrogen-bond donors (Lipinski definition) is 1. The lowest BCUT2D eigenvalue weighted by Gasteiger charge is -2.28. The molecule has 0 aliphatic carbocycles. The number of carbonyl (C=O) groups excluding carboxylic acids is 1. The SMILES string of the molecule is CCCC/C=C/CSCCC1C2CCC(O2)C1CCOCCCC(=O)N(C)O. The van der Waals surface area contributed by atoms with E-state index in [4.69, 9.17) is 14.7 Å². The monoisotopic (exact) mass is 413 g/mol. The van der Waals surface area contributed by atoms with Gasteiger partial charge in [-0.1, -0.05) is 31.9 Å². The Morgan fingerprint density at radius 1 is 1.18 bits per heavy atom. The molecule has 2 aliphatic heterocycles. The van der Waals surface area contributed by atoms with Crippen molar-refractivity contribution in [1.29, 1.82) is 0 Å². The Morgan fingerprint density at radius 3 is 2.64 bits per heavy atom. The largest absolute Gasteiger partial charge is 0.381 e. The van der Waals surface area contributed by atoms with E-state index in [0.717, 1.165) is 18.8 Å². The van der Waals surface area contributed by atoms with Crippen molar-refractivity contribution in [3.63, 3.8) is 0 Å². The van der Waals surface area contributed by atoms with Gasteiger partial charge < -0.3 is 9.47 Å². The van der Waals surface area contributed by atoms with Crippen molar-refractivity contribution in [2.45, 2.75) is 76.9 Å². The summed E-state index contributed by atoms with van der Waals surface area (Å²) in [5.74, 6) is 3.39. The zero-order chi connectivity index (χ0) is 20.2. The summed E-state index contributed by atoms with van der Waals surface area (Å²) in [6.07, 6.45) is 15.0. The summed E-state index contributed by atoms with van der Waals surface area (Å²) in [7, 11) is 1.36. The van der Waals surface area contributed by atoms with Gasteiger partial charge in [0.2, 0.25) is 5.91 Å². The fourth-order valence-electron chi connectivity index (χ4n) is 4.36. The fourth-order valence-corrected chi connectivity index (χ4v) is 5.24. The molecule has 2 rings (SSSR count). The van der Waals surface area contributed by atoms with Crippen LogP contribution in [0.3, 0.4) is 0 Å². The number of unbranched alkanes of at least 4 members (excludes halogenated alkanes) is 2. The molecule has 2 bridgehead atoms. The molecule has 0 saturated carbocycles. The van der Waals surface area contributed by atoms with Gasteiger partial charge in [-0.05, 0) is 56.1 Å². The predicted octanol–water partition coefficient (Wildman–Crippen LogP) is 4.68. The van der Waals surface area contributed by atoms with Crippen LogP contribution in [-0.2, 0) is 14.3 Å². The topological polar surface area (TPSA) is 59.0 Å². The second-order valence-corrected chi connectivity index (χ2v) is 9.17. The first kappa shape index (κ1) is 23.7. The lowest BCUT2D eigenvalue weighted by molar-refractivity contribution is -0.159. The number of hydrogen-bond acceptors (Lipinski definition) is 5. The average molecular weight is 414 g/mol. The Bertz CT molecular complexity index is 471. The second kappa shape index (κ2) is 13.6. The normalized spacial score (nSPS) is 26.4. The van der Waals surface area contributed by atoms with Crippen LogP contribution in [0, 0.1) is 11.8 Å². The van der Waals surface area contributed by atoms with Gasteiger partial charge >= 0.3 is 0 Å². The van der Waals surface area contributed by atoms with Crippen molar-refractivity contribution >= 4 is 17.7 Å². The third-order valence-corrected chi connectivity index (χ3v) is 6.88. The third kappa shape index (κ3) is 8.05. The molecule has 2 saturated heterocycles. The van der Waals surface area contributed by atoms with E-state index in [1.165, 1.54) is 51.3 Å². The molecule has 5 nitrogen and oxygen atoms in total. The van der Waals surface area contributed by atoms with Crippen LogP contribution in [0.2, 0.25) is 0 Å². The third-order valence-electron chi connectivity index (χ3n) is 5.93. The van der Waals surface area contributed by atoms with Gasteiger partial charge in [-0.2, -0.15) is 11.8 Å². The number of nitrogens with zero attached hydrogens (tertiary/aromatic N) is 1. The van der Waals surface area contributed by atoms with Crippen LogP contribution >= 0.6 is 11.8 Å². The summed E-state index contributed by atoms with van der Waals surface area (Å²) in [6, 6.07) is 0. The molecule has 162 valence electrons. The van der Waals surface area contributed by atoms with E-state index in [-0.39, 0.29) is 5.91 Å². The number of amides is 1. The van der Waals surface area contributed by atoms with E-state index in [2.05, 4.69) is 19.1 Å². The average Bonchev–Trinajstić information content (AvgIpc) is 3.28. The van der Waals surface area contributed by atoms with Crippen LogP contribution in [0.15, 0.2) is 12.2 Å². The predicted molar refractivity (Wildman–Crippen MR) is 115 cm³/mol. The molecule has 2 heterocycles. The number of hydroxylamine groups is 2. The Hall–Kier alpha value is -0.560. The highest BCUT2D eigenvalue weighted by molar-refractivity contribution is 7.99. The molecule has 6 heteroatoms. The Kier molecular flexibility index (Phi) is 11.5. The van der Waals surface area contributed by atoms with Gasteiger partial charge in [-0.15, -0.1) is 0 Å². The van der Waals surface area contributed by atoms with E-state index in [0.29, 0.717) is 48.6 Å². The van der Waals surface area contributed by atoms with Gasteiger partial charge in [-0.25, -0.2) is 5.06 Å². The number of allylic oxidation sites excluding steroid dienone is 1. The molecule has 0 aromatic rings. The van der Waals surface area contributed by atoms with Crippen molar-refractivity contribution in [3.05, 3.63) is 12.2 Å². The summed E-state index contributed by atoms with van der Waals surface area (Å²) in [5.41, 5.74) is 0. The molecule has 4 atom stereocenters.